The number of thioether (sulfide) groups is 1. The average molecular weight is 244 g/mol. The van der Waals surface area contributed by atoms with Gasteiger partial charge in [0.2, 0.25) is 0 Å². The molecular weight excluding hydrogens is 216 g/mol. The number of rotatable bonds is 10. The lowest BCUT2D eigenvalue weighted by Crippen LogP contribution is -2.20. The van der Waals surface area contributed by atoms with E-state index >= 15 is 0 Å². The lowest BCUT2D eigenvalue weighted by atomic mass is 10.1. The molecule has 1 fully saturated rings. The molecule has 3 heteroatoms. The van der Waals surface area contributed by atoms with Crippen molar-refractivity contribution in [1.82, 2.24) is 4.90 Å². The first kappa shape index (κ1) is 14.3. The van der Waals surface area contributed by atoms with Gasteiger partial charge >= 0.3 is 0 Å². The molecule has 1 heterocycles. The summed E-state index contributed by atoms with van der Waals surface area (Å²) >= 11 is 2.08. The molecule has 1 saturated heterocycles. The molecule has 0 spiro atoms. The third-order valence-corrected chi connectivity index (χ3v) is 4.27. The Morgan fingerprint density at radius 1 is 0.875 bits per heavy atom. The predicted octanol–water partition coefficient (Wildman–Crippen LogP) is 3.07. The van der Waals surface area contributed by atoms with E-state index in [4.69, 9.17) is 5.73 Å². The van der Waals surface area contributed by atoms with E-state index in [1.165, 1.54) is 76.1 Å². The van der Waals surface area contributed by atoms with Crippen LogP contribution >= 0.6 is 11.8 Å². The van der Waals surface area contributed by atoms with Crippen molar-refractivity contribution in [3.63, 3.8) is 0 Å². The summed E-state index contributed by atoms with van der Waals surface area (Å²) in [4.78, 5) is 2.59. The van der Waals surface area contributed by atoms with Gasteiger partial charge < -0.3 is 5.73 Å². The van der Waals surface area contributed by atoms with Crippen LogP contribution in [0.15, 0.2) is 0 Å². The van der Waals surface area contributed by atoms with E-state index in [-0.39, 0.29) is 0 Å². The van der Waals surface area contributed by atoms with E-state index in [1.807, 2.05) is 0 Å². The fourth-order valence-electron chi connectivity index (χ4n) is 2.17. The molecule has 96 valence electrons. The fraction of sp³-hybridized carbons (Fsp3) is 1.00. The molecular formula is C13H28N2S. The van der Waals surface area contributed by atoms with Gasteiger partial charge in [0.1, 0.15) is 0 Å². The lowest BCUT2D eigenvalue weighted by molar-refractivity contribution is 0.343. The number of unbranched alkanes of at least 4 members (excludes halogenated alkanes) is 7. The van der Waals surface area contributed by atoms with Gasteiger partial charge in [-0.05, 0) is 25.9 Å². The number of hydrogen-bond acceptors (Lipinski definition) is 3. The first-order valence-electron chi connectivity index (χ1n) is 6.93. The van der Waals surface area contributed by atoms with Crippen LogP contribution in [-0.2, 0) is 0 Å². The van der Waals surface area contributed by atoms with Gasteiger partial charge in [-0.15, -0.1) is 11.8 Å². The Morgan fingerprint density at radius 3 is 2.06 bits per heavy atom. The molecule has 2 nitrogen and oxygen atoms in total. The second-order valence-electron chi connectivity index (χ2n) is 4.77. The Balaban J connectivity index is 1.71. The Bertz CT molecular complexity index is 147. The van der Waals surface area contributed by atoms with Gasteiger partial charge in [0.15, 0.2) is 0 Å². The zero-order valence-corrected chi connectivity index (χ0v) is 11.4. The highest BCUT2D eigenvalue weighted by molar-refractivity contribution is 7.99. The molecule has 1 aliphatic heterocycles. The van der Waals surface area contributed by atoms with Crippen molar-refractivity contribution in [3.8, 4) is 0 Å². The maximum Gasteiger partial charge on any atom is 0.0445 e. The van der Waals surface area contributed by atoms with Gasteiger partial charge in [0.05, 0.1) is 0 Å². The highest BCUT2D eigenvalue weighted by atomic mass is 32.2. The van der Waals surface area contributed by atoms with E-state index < -0.39 is 0 Å². The summed E-state index contributed by atoms with van der Waals surface area (Å²) in [6, 6.07) is 0. The van der Waals surface area contributed by atoms with Crippen molar-refractivity contribution in [2.45, 2.75) is 51.4 Å². The Kier molecular flexibility index (Phi) is 9.34. The number of nitrogens with two attached hydrogens (primary N) is 1. The Labute approximate surface area is 105 Å². The smallest absolute Gasteiger partial charge is 0.0445 e. The first-order chi connectivity index (χ1) is 7.93. The van der Waals surface area contributed by atoms with Crippen molar-refractivity contribution in [1.29, 1.82) is 0 Å². The SMILES string of the molecule is NCCCCCCCCCCN1CCSC1. The summed E-state index contributed by atoms with van der Waals surface area (Å²) in [6.45, 7) is 3.53. The van der Waals surface area contributed by atoms with E-state index in [2.05, 4.69) is 16.7 Å². The van der Waals surface area contributed by atoms with Gasteiger partial charge in [-0.25, -0.2) is 0 Å². The Hall–Kier alpha value is 0.270. The molecule has 16 heavy (non-hydrogen) atoms. The van der Waals surface area contributed by atoms with Crippen LogP contribution in [0.3, 0.4) is 0 Å². The minimum Gasteiger partial charge on any atom is -0.330 e. The lowest BCUT2D eigenvalue weighted by Gasteiger charge is -2.12. The zero-order valence-electron chi connectivity index (χ0n) is 10.6. The highest BCUT2D eigenvalue weighted by Gasteiger charge is 2.10. The largest absolute Gasteiger partial charge is 0.330 e. The van der Waals surface area contributed by atoms with Crippen molar-refractivity contribution >= 4 is 11.8 Å². The molecule has 0 aromatic carbocycles. The summed E-state index contributed by atoms with van der Waals surface area (Å²) in [5.74, 6) is 2.63. The van der Waals surface area contributed by atoms with Gasteiger partial charge in [0, 0.05) is 18.2 Å². The Morgan fingerprint density at radius 2 is 1.50 bits per heavy atom. The van der Waals surface area contributed by atoms with Crippen LogP contribution in [-0.4, -0.2) is 36.2 Å². The molecule has 0 atom stereocenters. The van der Waals surface area contributed by atoms with E-state index in [9.17, 15) is 0 Å². The normalized spacial score (nSPS) is 17.1. The van der Waals surface area contributed by atoms with Crippen LogP contribution in [0.1, 0.15) is 51.4 Å². The molecule has 0 aliphatic carbocycles. The molecule has 0 bridgehead atoms. The minimum absolute atomic E-state index is 0.869. The minimum atomic E-state index is 0.869. The molecule has 1 rings (SSSR count). The molecule has 0 aromatic rings. The quantitative estimate of drug-likeness (QED) is 0.599. The van der Waals surface area contributed by atoms with Gasteiger partial charge in [-0.1, -0.05) is 38.5 Å². The molecule has 0 amide bonds. The van der Waals surface area contributed by atoms with Crippen LogP contribution in [0.25, 0.3) is 0 Å². The van der Waals surface area contributed by atoms with Gasteiger partial charge in [-0.2, -0.15) is 0 Å². The number of nitrogens with zero attached hydrogens (tertiary/aromatic N) is 1. The van der Waals surface area contributed by atoms with Crippen molar-refractivity contribution in [3.05, 3.63) is 0 Å². The summed E-state index contributed by atoms with van der Waals surface area (Å²) in [6.07, 6.45) is 11.1. The summed E-state index contributed by atoms with van der Waals surface area (Å²) in [5.41, 5.74) is 5.46. The molecule has 0 unspecified atom stereocenters. The maximum atomic E-state index is 5.46. The third-order valence-electron chi connectivity index (χ3n) is 3.25. The van der Waals surface area contributed by atoms with Gasteiger partial charge in [-0.3, -0.25) is 4.90 Å². The second kappa shape index (κ2) is 10.4. The highest BCUT2D eigenvalue weighted by Crippen LogP contribution is 2.14. The van der Waals surface area contributed by atoms with Crippen LogP contribution in [0.2, 0.25) is 0 Å². The first-order valence-corrected chi connectivity index (χ1v) is 8.09. The summed E-state index contributed by atoms with van der Waals surface area (Å²) in [5, 5.41) is 0. The van der Waals surface area contributed by atoms with Crippen LogP contribution in [0.5, 0.6) is 0 Å². The van der Waals surface area contributed by atoms with Crippen molar-refractivity contribution in [2.75, 3.05) is 31.3 Å². The topological polar surface area (TPSA) is 29.3 Å². The fourth-order valence-corrected chi connectivity index (χ4v) is 3.20. The maximum absolute atomic E-state index is 5.46. The van der Waals surface area contributed by atoms with E-state index in [1.54, 1.807) is 0 Å². The van der Waals surface area contributed by atoms with Crippen molar-refractivity contribution < 1.29 is 0 Å². The summed E-state index contributed by atoms with van der Waals surface area (Å²) in [7, 11) is 0. The zero-order chi connectivity index (χ0) is 11.5. The second-order valence-corrected chi connectivity index (χ2v) is 5.85. The van der Waals surface area contributed by atoms with Crippen molar-refractivity contribution in [2.24, 2.45) is 5.73 Å². The molecule has 0 aromatic heterocycles. The monoisotopic (exact) mass is 244 g/mol. The van der Waals surface area contributed by atoms with Crippen LogP contribution < -0.4 is 5.73 Å². The van der Waals surface area contributed by atoms with Crippen LogP contribution in [0, 0.1) is 0 Å². The average Bonchev–Trinajstić information content (AvgIpc) is 2.80. The molecule has 2 N–H and O–H groups in total. The standard InChI is InChI=1S/C13H28N2S/c14-9-7-5-3-1-2-4-6-8-10-15-11-12-16-13-15/h1-14H2. The van der Waals surface area contributed by atoms with Gasteiger partial charge in [0.25, 0.3) is 0 Å². The number of hydrogen-bond donors (Lipinski definition) is 1. The van der Waals surface area contributed by atoms with E-state index in [0.717, 1.165) is 6.54 Å². The third kappa shape index (κ3) is 7.53. The molecule has 0 radical (unpaired) electrons. The van der Waals surface area contributed by atoms with Crippen LogP contribution in [0.4, 0.5) is 0 Å². The summed E-state index contributed by atoms with van der Waals surface area (Å²) < 4.78 is 0. The molecule has 0 saturated carbocycles. The van der Waals surface area contributed by atoms with E-state index in [0.29, 0.717) is 0 Å². The molecule has 1 aliphatic rings. The predicted molar refractivity (Wildman–Crippen MR) is 74.9 cm³/mol.